The Morgan fingerprint density at radius 1 is 0.933 bits per heavy atom. The number of aryl methyl sites for hydroxylation is 1. The molecular weight excluding hydrogens is 462 g/mol. The van der Waals surface area contributed by atoms with Gasteiger partial charge in [-0.2, -0.15) is 4.31 Å². The van der Waals surface area contributed by atoms with Gasteiger partial charge >= 0.3 is 0 Å². The molecule has 7 heteroatoms. The second-order valence-corrected chi connectivity index (χ2v) is 10.2. The Hall–Kier alpha value is -2.48. The van der Waals surface area contributed by atoms with Crippen molar-refractivity contribution >= 4 is 37.0 Å². The standard InChI is InChI=1S/C23H22BrN3O2S/c1-17-25-22-5-3-4-6-23(22)27(17)16-19-9-7-18(8-10-19)15-26(2)30(28,29)21-13-11-20(24)12-14-21/h3-14H,15-16H2,1-2H3. The quantitative estimate of drug-likeness (QED) is 0.388. The molecule has 0 radical (unpaired) electrons. The molecule has 0 amide bonds. The minimum Gasteiger partial charge on any atom is -0.324 e. The molecule has 3 aromatic carbocycles. The van der Waals surface area contributed by atoms with Gasteiger partial charge in [0.05, 0.1) is 15.9 Å². The maximum absolute atomic E-state index is 12.8. The number of fused-ring (bicyclic) bond motifs is 1. The summed E-state index contributed by atoms with van der Waals surface area (Å²) in [5.41, 5.74) is 4.18. The van der Waals surface area contributed by atoms with E-state index in [1.807, 2.05) is 49.4 Å². The number of hydrogen-bond acceptors (Lipinski definition) is 3. The summed E-state index contributed by atoms with van der Waals surface area (Å²) >= 11 is 3.33. The fourth-order valence-corrected chi connectivity index (χ4v) is 4.88. The summed E-state index contributed by atoms with van der Waals surface area (Å²) in [6.07, 6.45) is 0. The Labute approximate surface area is 185 Å². The van der Waals surface area contributed by atoms with Crippen LogP contribution in [0.3, 0.4) is 0 Å². The van der Waals surface area contributed by atoms with Crippen molar-refractivity contribution in [2.45, 2.75) is 24.9 Å². The molecule has 0 unspecified atom stereocenters. The fraction of sp³-hybridized carbons (Fsp3) is 0.174. The van der Waals surface area contributed by atoms with Crippen LogP contribution in [0.15, 0.2) is 82.2 Å². The van der Waals surface area contributed by atoms with Gasteiger partial charge in [0.15, 0.2) is 0 Å². The molecule has 0 bridgehead atoms. The van der Waals surface area contributed by atoms with Crippen molar-refractivity contribution in [2.24, 2.45) is 0 Å². The van der Waals surface area contributed by atoms with Gasteiger partial charge < -0.3 is 4.57 Å². The van der Waals surface area contributed by atoms with Crippen LogP contribution >= 0.6 is 15.9 Å². The number of aromatic nitrogens is 2. The molecule has 0 atom stereocenters. The zero-order chi connectivity index (χ0) is 21.3. The summed E-state index contributed by atoms with van der Waals surface area (Å²) in [5, 5.41) is 0. The molecule has 0 saturated carbocycles. The summed E-state index contributed by atoms with van der Waals surface area (Å²) in [4.78, 5) is 4.90. The van der Waals surface area contributed by atoms with Gasteiger partial charge in [-0.25, -0.2) is 13.4 Å². The van der Waals surface area contributed by atoms with Gasteiger partial charge in [-0.05, 0) is 54.4 Å². The summed E-state index contributed by atoms with van der Waals surface area (Å²) in [6.45, 7) is 3.04. The predicted molar refractivity (Wildman–Crippen MR) is 123 cm³/mol. The van der Waals surface area contributed by atoms with E-state index in [1.165, 1.54) is 4.31 Å². The Morgan fingerprint density at radius 3 is 2.27 bits per heavy atom. The van der Waals surface area contributed by atoms with E-state index in [2.05, 4.69) is 31.5 Å². The number of hydrogen-bond donors (Lipinski definition) is 0. The monoisotopic (exact) mass is 483 g/mol. The van der Waals surface area contributed by atoms with Gasteiger partial charge in [0, 0.05) is 24.6 Å². The predicted octanol–water partition coefficient (Wildman–Crippen LogP) is 4.98. The first kappa shape index (κ1) is 20.8. The van der Waals surface area contributed by atoms with Crippen LogP contribution in [-0.4, -0.2) is 29.3 Å². The first-order valence-electron chi connectivity index (χ1n) is 9.56. The molecule has 0 aliphatic rings. The van der Waals surface area contributed by atoms with E-state index in [0.717, 1.165) is 39.0 Å². The van der Waals surface area contributed by atoms with Crippen molar-refractivity contribution in [3.05, 3.63) is 94.2 Å². The van der Waals surface area contributed by atoms with Gasteiger partial charge in [-0.3, -0.25) is 0 Å². The van der Waals surface area contributed by atoms with Crippen LogP contribution in [0, 0.1) is 6.92 Å². The molecule has 4 aromatic rings. The second kappa shape index (κ2) is 8.34. The Morgan fingerprint density at radius 2 is 1.57 bits per heavy atom. The third-order valence-corrected chi connectivity index (χ3v) is 7.48. The average Bonchev–Trinajstić information content (AvgIpc) is 3.05. The topological polar surface area (TPSA) is 55.2 Å². The minimum absolute atomic E-state index is 0.285. The highest BCUT2D eigenvalue weighted by Gasteiger charge is 2.20. The number of halogens is 1. The lowest BCUT2D eigenvalue weighted by Crippen LogP contribution is -2.26. The summed E-state index contributed by atoms with van der Waals surface area (Å²) < 4.78 is 30.0. The summed E-state index contributed by atoms with van der Waals surface area (Å²) in [5.74, 6) is 0.973. The largest absolute Gasteiger partial charge is 0.324 e. The molecular formula is C23H22BrN3O2S. The highest BCUT2D eigenvalue weighted by Crippen LogP contribution is 2.21. The smallest absolute Gasteiger partial charge is 0.243 e. The van der Waals surface area contributed by atoms with Crippen molar-refractivity contribution in [2.75, 3.05) is 7.05 Å². The Balaban J connectivity index is 1.49. The molecule has 1 heterocycles. The second-order valence-electron chi connectivity index (χ2n) is 7.27. The van der Waals surface area contributed by atoms with Crippen LogP contribution in [0.1, 0.15) is 17.0 Å². The molecule has 0 N–H and O–H groups in total. The van der Waals surface area contributed by atoms with E-state index < -0.39 is 10.0 Å². The number of imidazole rings is 1. The molecule has 0 fully saturated rings. The lowest BCUT2D eigenvalue weighted by molar-refractivity contribution is 0.466. The Kier molecular flexibility index (Phi) is 5.77. The van der Waals surface area contributed by atoms with E-state index >= 15 is 0 Å². The normalized spacial score (nSPS) is 12.0. The highest BCUT2D eigenvalue weighted by molar-refractivity contribution is 9.10. The molecule has 0 aliphatic heterocycles. The van der Waals surface area contributed by atoms with Gasteiger partial charge in [-0.15, -0.1) is 0 Å². The molecule has 0 aliphatic carbocycles. The van der Waals surface area contributed by atoms with Crippen LogP contribution in [0.2, 0.25) is 0 Å². The zero-order valence-corrected chi connectivity index (χ0v) is 19.2. The zero-order valence-electron chi connectivity index (χ0n) is 16.8. The number of nitrogens with zero attached hydrogens (tertiary/aromatic N) is 3. The lowest BCUT2D eigenvalue weighted by Gasteiger charge is -2.17. The third-order valence-electron chi connectivity index (χ3n) is 5.14. The molecule has 0 saturated heterocycles. The number of para-hydroxylation sites is 2. The maximum Gasteiger partial charge on any atom is 0.243 e. The van der Waals surface area contributed by atoms with Crippen LogP contribution in [-0.2, 0) is 23.1 Å². The van der Waals surface area contributed by atoms with Gasteiger partial charge in [0.25, 0.3) is 0 Å². The maximum atomic E-state index is 12.8. The number of benzene rings is 3. The van der Waals surface area contributed by atoms with Crippen LogP contribution in [0.4, 0.5) is 0 Å². The number of rotatable bonds is 6. The molecule has 4 rings (SSSR count). The summed E-state index contributed by atoms with van der Waals surface area (Å²) in [6, 6.07) is 22.8. The van der Waals surface area contributed by atoms with Gasteiger partial charge in [0.2, 0.25) is 10.0 Å². The van der Waals surface area contributed by atoms with E-state index in [4.69, 9.17) is 0 Å². The first-order valence-corrected chi connectivity index (χ1v) is 11.8. The highest BCUT2D eigenvalue weighted by atomic mass is 79.9. The van der Waals surface area contributed by atoms with Gasteiger partial charge in [-0.1, -0.05) is 52.3 Å². The Bertz CT molecular complexity index is 1280. The summed E-state index contributed by atoms with van der Waals surface area (Å²) in [7, 11) is -1.93. The van der Waals surface area contributed by atoms with Gasteiger partial charge in [0.1, 0.15) is 5.82 Å². The molecule has 1 aromatic heterocycles. The molecule has 0 spiro atoms. The average molecular weight is 484 g/mol. The number of sulfonamides is 1. The van der Waals surface area contributed by atoms with Crippen molar-refractivity contribution in [1.82, 2.24) is 13.9 Å². The van der Waals surface area contributed by atoms with Crippen LogP contribution in [0.5, 0.6) is 0 Å². The molecule has 154 valence electrons. The van der Waals surface area contributed by atoms with Crippen LogP contribution < -0.4 is 0 Å². The first-order chi connectivity index (χ1) is 14.3. The van der Waals surface area contributed by atoms with E-state index in [0.29, 0.717) is 6.54 Å². The molecule has 5 nitrogen and oxygen atoms in total. The SMILES string of the molecule is Cc1nc2ccccc2n1Cc1ccc(CN(C)S(=O)(=O)c2ccc(Br)cc2)cc1. The van der Waals surface area contributed by atoms with E-state index in [-0.39, 0.29) is 4.90 Å². The minimum atomic E-state index is -3.53. The lowest BCUT2D eigenvalue weighted by atomic mass is 10.1. The third kappa shape index (κ3) is 4.19. The van der Waals surface area contributed by atoms with Crippen LogP contribution in [0.25, 0.3) is 11.0 Å². The van der Waals surface area contributed by atoms with Crippen molar-refractivity contribution < 1.29 is 8.42 Å². The van der Waals surface area contributed by atoms with Crippen molar-refractivity contribution in [3.63, 3.8) is 0 Å². The van der Waals surface area contributed by atoms with E-state index in [9.17, 15) is 8.42 Å². The van der Waals surface area contributed by atoms with E-state index in [1.54, 1.807) is 31.3 Å². The molecule has 30 heavy (non-hydrogen) atoms. The van der Waals surface area contributed by atoms with Crippen molar-refractivity contribution in [1.29, 1.82) is 0 Å². The van der Waals surface area contributed by atoms with Crippen molar-refractivity contribution in [3.8, 4) is 0 Å². The fourth-order valence-electron chi connectivity index (χ4n) is 3.46.